The Labute approximate surface area is 99.3 Å². The van der Waals surface area contributed by atoms with Gasteiger partial charge in [-0.2, -0.15) is 0 Å². The van der Waals surface area contributed by atoms with Crippen LogP contribution in [0, 0.1) is 5.92 Å². The summed E-state index contributed by atoms with van der Waals surface area (Å²) >= 11 is 0. The number of carbonyl (C=O) groups excluding carboxylic acids is 1. The van der Waals surface area contributed by atoms with E-state index in [1.165, 1.54) is 25.0 Å². The van der Waals surface area contributed by atoms with Crippen molar-refractivity contribution < 1.29 is 15.0 Å². The summed E-state index contributed by atoms with van der Waals surface area (Å²) in [7, 11) is 0. The van der Waals surface area contributed by atoms with E-state index in [1.807, 2.05) is 0 Å². The van der Waals surface area contributed by atoms with Crippen molar-refractivity contribution in [2.45, 2.75) is 18.9 Å². The lowest BCUT2D eigenvalue weighted by atomic mass is 10.1. The molecule has 5 nitrogen and oxygen atoms in total. The molecule has 0 bridgehead atoms. The highest BCUT2D eigenvalue weighted by atomic mass is 16.3. The predicted octanol–water partition coefficient (Wildman–Crippen LogP) is 0.624. The number of benzene rings is 1. The number of nitrogens with one attached hydrogen (secondary N) is 1. The second-order valence-corrected chi connectivity index (χ2v) is 4.44. The molecule has 0 saturated heterocycles. The number of hydrogen-bond acceptors (Lipinski definition) is 4. The summed E-state index contributed by atoms with van der Waals surface area (Å²) < 4.78 is 0. The fourth-order valence-corrected chi connectivity index (χ4v) is 1.71. The standard InChI is InChI=1S/C12H16N2O3/c13-12(17)11(14-6-7-1-2-7)8-3-4-9(15)10(16)5-8/h3-5,7,11,14-16H,1-2,6H2,(H2,13,17). The maximum absolute atomic E-state index is 11.3. The van der Waals surface area contributed by atoms with Gasteiger partial charge in [-0.1, -0.05) is 6.07 Å². The van der Waals surface area contributed by atoms with Gasteiger partial charge in [-0.25, -0.2) is 0 Å². The van der Waals surface area contributed by atoms with Crippen LogP contribution in [-0.4, -0.2) is 22.7 Å². The third-order valence-electron chi connectivity index (χ3n) is 2.92. The molecule has 0 aromatic heterocycles. The summed E-state index contributed by atoms with van der Waals surface area (Å²) in [6, 6.07) is 3.65. The average molecular weight is 236 g/mol. The molecule has 1 unspecified atom stereocenters. The first-order valence-corrected chi connectivity index (χ1v) is 5.62. The van der Waals surface area contributed by atoms with Gasteiger partial charge in [-0.3, -0.25) is 4.79 Å². The van der Waals surface area contributed by atoms with Crippen LogP contribution in [0.3, 0.4) is 0 Å². The molecular weight excluding hydrogens is 220 g/mol. The fourth-order valence-electron chi connectivity index (χ4n) is 1.71. The van der Waals surface area contributed by atoms with Crippen LogP contribution < -0.4 is 11.1 Å². The molecule has 5 N–H and O–H groups in total. The summed E-state index contributed by atoms with van der Waals surface area (Å²) in [6.45, 7) is 0.745. The van der Waals surface area contributed by atoms with Crippen LogP contribution in [0.25, 0.3) is 0 Å². The summed E-state index contributed by atoms with van der Waals surface area (Å²) in [5, 5.41) is 21.7. The van der Waals surface area contributed by atoms with Crippen molar-refractivity contribution in [3.05, 3.63) is 23.8 Å². The lowest BCUT2D eigenvalue weighted by molar-refractivity contribution is -0.120. The molecule has 2 rings (SSSR count). The molecule has 0 spiro atoms. The molecule has 1 aromatic carbocycles. The second kappa shape index (κ2) is 4.63. The molecule has 0 aliphatic heterocycles. The quantitative estimate of drug-likeness (QED) is 0.564. The van der Waals surface area contributed by atoms with Crippen LogP contribution in [0.1, 0.15) is 24.4 Å². The van der Waals surface area contributed by atoms with E-state index >= 15 is 0 Å². The number of nitrogens with two attached hydrogens (primary N) is 1. The number of hydrogen-bond donors (Lipinski definition) is 4. The molecule has 1 aliphatic carbocycles. The monoisotopic (exact) mass is 236 g/mol. The zero-order valence-electron chi connectivity index (χ0n) is 9.39. The Morgan fingerprint density at radius 1 is 1.41 bits per heavy atom. The molecule has 5 heteroatoms. The number of amides is 1. The minimum atomic E-state index is -0.623. The molecule has 1 aromatic rings. The maximum atomic E-state index is 11.3. The second-order valence-electron chi connectivity index (χ2n) is 4.44. The van der Waals surface area contributed by atoms with Crippen LogP contribution >= 0.6 is 0 Å². The van der Waals surface area contributed by atoms with E-state index in [9.17, 15) is 15.0 Å². The predicted molar refractivity (Wildman–Crippen MR) is 62.4 cm³/mol. The highest BCUT2D eigenvalue weighted by Gasteiger charge is 2.25. The van der Waals surface area contributed by atoms with E-state index < -0.39 is 11.9 Å². The molecule has 92 valence electrons. The van der Waals surface area contributed by atoms with Gasteiger partial charge in [0.05, 0.1) is 0 Å². The Balaban J connectivity index is 2.12. The highest BCUT2D eigenvalue weighted by Crippen LogP contribution is 2.30. The lowest BCUT2D eigenvalue weighted by Crippen LogP contribution is -2.34. The molecule has 1 atom stereocenters. The maximum Gasteiger partial charge on any atom is 0.239 e. The van der Waals surface area contributed by atoms with Crippen LogP contribution in [0.2, 0.25) is 0 Å². The summed E-state index contributed by atoms with van der Waals surface area (Å²) in [6.07, 6.45) is 2.36. The van der Waals surface area contributed by atoms with E-state index in [1.54, 1.807) is 6.07 Å². The van der Waals surface area contributed by atoms with E-state index in [2.05, 4.69) is 5.32 Å². The summed E-state index contributed by atoms with van der Waals surface area (Å²) in [5.41, 5.74) is 5.88. The van der Waals surface area contributed by atoms with Gasteiger partial charge < -0.3 is 21.3 Å². The van der Waals surface area contributed by atoms with E-state index in [0.29, 0.717) is 11.5 Å². The number of phenols is 2. The fraction of sp³-hybridized carbons (Fsp3) is 0.417. The normalized spacial score (nSPS) is 16.7. The Hall–Kier alpha value is -1.75. The minimum absolute atomic E-state index is 0.209. The van der Waals surface area contributed by atoms with Gasteiger partial charge in [-0.15, -0.1) is 0 Å². The van der Waals surface area contributed by atoms with Gasteiger partial charge in [0, 0.05) is 0 Å². The minimum Gasteiger partial charge on any atom is -0.504 e. The smallest absolute Gasteiger partial charge is 0.239 e. The zero-order valence-corrected chi connectivity index (χ0v) is 9.39. The van der Waals surface area contributed by atoms with E-state index in [4.69, 9.17) is 5.73 Å². The molecule has 1 saturated carbocycles. The Kier molecular flexibility index (Phi) is 3.19. The largest absolute Gasteiger partial charge is 0.504 e. The van der Waals surface area contributed by atoms with Gasteiger partial charge in [0.15, 0.2) is 11.5 Å². The van der Waals surface area contributed by atoms with Gasteiger partial charge in [0.2, 0.25) is 5.91 Å². The number of phenolic OH excluding ortho intramolecular Hbond substituents is 2. The van der Waals surface area contributed by atoms with Gasteiger partial charge >= 0.3 is 0 Å². The van der Waals surface area contributed by atoms with Crippen molar-refractivity contribution in [3.8, 4) is 11.5 Å². The van der Waals surface area contributed by atoms with Crippen LogP contribution in [-0.2, 0) is 4.79 Å². The van der Waals surface area contributed by atoms with E-state index in [0.717, 1.165) is 6.54 Å². The van der Waals surface area contributed by atoms with Crippen LogP contribution in [0.5, 0.6) is 11.5 Å². The van der Waals surface area contributed by atoms with Gasteiger partial charge in [0.25, 0.3) is 0 Å². The molecule has 0 radical (unpaired) electrons. The average Bonchev–Trinajstić information content (AvgIpc) is 3.07. The first kappa shape index (κ1) is 11.7. The number of carbonyl (C=O) groups is 1. The summed E-state index contributed by atoms with van der Waals surface area (Å²) in [4.78, 5) is 11.3. The lowest BCUT2D eigenvalue weighted by Gasteiger charge is -2.16. The van der Waals surface area contributed by atoms with Crippen molar-refractivity contribution in [1.82, 2.24) is 5.32 Å². The number of primary amides is 1. The molecular formula is C12H16N2O3. The van der Waals surface area contributed by atoms with Crippen molar-refractivity contribution in [1.29, 1.82) is 0 Å². The molecule has 1 fully saturated rings. The van der Waals surface area contributed by atoms with Crippen molar-refractivity contribution in [3.63, 3.8) is 0 Å². The first-order valence-electron chi connectivity index (χ1n) is 5.62. The third-order valence-corrected chi connectivity index (χ3v) is 2.92. The van der Waals surface area contributed by atoms with E-state index in [-0.39, 0.29) is 11.5 Å². The number of rotatable bonds is 5. The Bertz CT molecular complexity index is 430. The SMILES string of the molecule is NC(=O)C(NCC1CC1)c1ccc(O)c(O)c1. The topological polar surface area (TPSA) is 95.6 Å². The van der Waals surface area contributed by atoms with Crippen molar-refractivity contribution in [2.24, 2.45) is 11.7 Å². The molecule has 0 heterocycles. The van der Waals surface area contributed by atoms with Gasteiger partial charge in [-0.05, 0) is 43.0 Å². The molecule has 1 amide bonds. The summed E-state index contributed by atoms with van der Waals surface area (Å²) in [5.74, 6) is -0.320. The Morgan fingerprint density at radius 2 is 2.12 bits per heavy atom. The molecule has 1 aliphatic rings. The highest BCUT2D eigenvalue weighted by molar-refractivity contribution is 5.81. The van der Waals surface area contributed by atoms with Gasteiger partial charge in [0.1, 0.15) is 6.04 Å². The van der Waals surface area contributed by atoms with Crippen LogP contribution in [0.15, 0.2) is 18.2 Å². The third kappa shape index (κ3) is 2.88. The van der Waals surface area contributed by atoms with Crippen molar-refractivity contribution in [2.75, 3.05) is 6.54 Å². The van der Waals surface area contributed by atoms with Crippen molar-refractivity contribution >= 4 is 5.91 Å². The zero-order chi connectivity index (χ0) is 12.4. The van der Waals surface area contributed by atoms with Crippen LogP contribution in [0.4, 0.5) is 0 Å². The molecule has 17 heavy (non-hydrogen) atoms. The number of aromatic hydroxyl groups is 2. The Morgan fingerprint density at radius 3 is 2.65 bits per heavy atom. The first-order chi connectivity index (χ1) is 8.08.